The van der Waals surface area contributed by atoms with E-state index in [-0.39, 0.29) is 28.3 Å². The van der Waals surface area contributed by atoms with Crippen LogP contribution >= 0.6 is 23.1 Å². The number of thioether (sulfide) groups is 1. The van der Waals surface area contributed by atoms with E-state index in [0.29, 0.717) is 12.3 Å². The summed E-state index contributed by atoms with van der Waals surface area (Å²) in [5.74, 6) is 0.331. The van der Waals surface area contributed by atoms with Crippen molar-refractivity contribution < 1.29 is 18.3 Å². The van der Waals surface area contributed by atoms with Gasteiger partial charge in [0.1, 0.15) is 11.6 Å². The topological polar surface area (TPSA) is 68.5 Å². The van der Waals surface area contributed by atoms with Gasteiger partial charge in [0.2, 0.25) is 5.91 Å². The average molecular weight is 456 g/mol. The second-order valence-electron chi connectivity index (χ2n) is 6.40. The monoisotopic (exact) mass is 455 g/mol. The molecule has 4 rings (SSSR count). The maximum atomic E-state index is 13.9. The summed E-state index contributed by atoms with van der Waals surface area (Å²) in [5.41, 5.74) is 0.989. The fraction of sp³-hybridized carbons (Fsp3) is 0.136. The Hall–Kier alpha value is -3.17. The van der Waals surface area contributed by atoms with Crippen molar-refractivity contribution in [3.05, 3.63) is 76.7 Å². The van der Waals surface area contributed by atoms with E-state index < -0.39 is 5.82 Å². The number of ether oxygens (including phenoxy) is 1. The number of methoxy groups -OCH3 is 1. The molecule has 9 heteroatoms. The largest absolute Gasteiger partial charge is 0.497 e. The van der Waals surface area contributed by atoms with Gasteiger partial charge < -0.3 is 14.1 Å². The van der Waals surface area contributed by atoms with Gasteiger partial charge in [0.25, 0.3) is 11.1 Å². The van der Waals surface area contributed by atoms with Gasteiger partial charge in [-0.25, -0.2) is 4.39 Å². The van der Waals surface area contributed by atoms with Gasteiger partial charge in [0.05, 0.1) is 25.0 Å². The van der Waals surface area contributed by atoms with Crippen molar-refractivity contribution in [3.8, 4) is 17.2 Å². The number of carbonyl (C=O) groups is 1. The third-order valence-electron chi connectivity index (χ3n) is 4.41. The normalized spacial score (nSPS) is 10.8. The average Bonchev–Trinajstić information content (AvgIpc) is 3.48. The van der Waals surface area contributed by atoms with Gasteiger partial charge >= 0.3 is 0 Å². The standard InChI is InChI=1S/C22H18FN3O3S2/c1-28-16-10-8-15(9-11-16)26(13-17-5-4-12-30-17)20(27)14-31-22-25-24-21(29-22)18-6-2-3-7-19(18)23/h2-12H,13-14H2,1H3. The highest BCUT2D eigenvalue weighted by Crippen LogP contribution is 2.27. The fourth-order valence-electron chi connectivity index (χ4n) is 2.86. The van der Waals surface area contributed by atoms with Gasteiger partial charge in [-0.2, -0.15) is 0 Å². The lowest BCUT2D eigenvalue weighted by atomic mass is 10.2. The lowest BCUT2D eigenvalue weighted by Gasteiger charge is -2.22. The smallest absolute Gasteiger partial charge is 0.277 e. The minimum absolute atomic E-state index is 0.0821. The van der Waals surface area contributed by atoms with E-state index in [0.717, 1.165) is 22.3 Å². The van der Waals surface area contributed by atoms with Gasteiger partial charge in [-0.15, -0.1) is 21.5 Å². The van der Waals surface area contributed by atoms with Crippen LogP contribution in [0.2, 0.25) is 0 Å². The number of nitrogens with zero attached hydrogens (tertiary/aromatic N) is 3. The molecule has 2 heterocycles. The number of benzene rings is 2. The molecular formula is C22H18FN3O3S2. The summed E-state index contributed by atoms with van der Waals surface area (Å²) in [6.07, 6.45) is 0. The van der Waals surface area contributed by atoms with Crippen LogP contribution in [0, 0.1) is 5.82 Å². The maximum Gasteiger partial charge on any atom is 0.277 e. The summed E-state index contributed by atoms with van der Waals surface area (Å²) >= 11 is 2.70. The summed E-state index contributed by atoms with van der Waals surface area (Å²) < 4.78 is 24.7. The van der Waals surface area contributed by atoms with Crippen LogP contribution in [0.15, 0.2) is 75.7 Å². The molecule has 4 aromatic rings. The van der Waals surface area contributed by atoms with Crippen LogP contribution in [0.4, 0.5) is 10.1 Å². The molecule has 31 heavy (non-hydrogen) atoms. The zero-order valence-corrected chi connectivity index (χ0v) is 18.2. The van der Waals surface area contributed by atoms with Gasteiger partial charge in [-0.1, -0.05) is 30.0 Å². The highest BCUT2D eigenvalue weighted by molar-refractivity contribution is 7.99. The summed E-state index contributed by atoms with van der Waals surface area (Å²) in [4.78, 5) is 15.8. The Morgan fingerprint density at radius 1 is 1.13 bits per heavy atom. The van der Waals surface area contributed by atoms with E-state index in [9.17, 15) is 9.18 Å². The van der Waals surface area contributed by atoms with E-state index in [1.807, 2.05) is 41.8 Å². The molecule has 1 amide bonds. The number of rotatable bonds is 8. The minimum Gasteiger partial charge on any atom is -0.497 e. The molecule has 0 aliphatic rings. The Bertz CT molecular complexity index is 1150. The zero-order chi connectivity index (χ0) is 21.6. The molecule has 0 fully saturated rings. The first-order valence-corrected chi connectivity index (χ1v) is 11.2. The highest BCUT2D eigenvalue weighted by Gasteiger charge is 2.19. The predicted octanol–water partition coefficient (Wildman–Crippen LogP) is 5.27. The maximum absolute atomic E-state index is 13.9. The number of aromatic nitrogens is 2. The van der Waals surface area contributed by atoms with Gasteiger partial charge in [-0.3, -0.25) is 4.79 Å². The Kier molecular flexibility index (Phi) is 6.63. The van der Waals surface area contributed by atoms with E-state index in [1.165, 1.54) is 6.07 Å². The Labute approximate surface area is 186 Å². The lowest BCUT2D eigenvalue weighted by molar-refractivity contribution is -0.116. The molecule has 0 atom stereocenters. The zero-order valence-electron chi connectivity index (χ0n) is 16.5. The van der Waals surface area contributed by atoms with Crippen LogP contribution < -0.4 is 9.64 Å². The predicted molar refractivity (Wildman–Crippen MR) is 119 cm³/mol. The summed E-state index contributed by atoms with van der Waals surface area (Å²) in [5, 5.41) is 10.0. The Balaban J connectivity index is 1.48. The van der Waals surface area contributed by atoms with Crippen LogP contribution in [0.25, 0.3) is 11.5 Å². The van der Waals surface area contributed by atoms with Crippen LogP contribution in [0.1, 0.15) is 4.88 Å². The number of hydrogen-bond acceptors (Lipinski definition) is 7. The summed E-state index contributed by atoms with van der Waals surface area (Å²) in [6.45, 7) is 0.452. The number of hydrogen-bond donors (Lipinski definition) is 0. The first-order chi connectivity index (χ1) is 15.1. The molecule has 158 valence electrons. The van der Waals surface area contributed by atoms with Crippen LogP contribution in [-0.2, 0) is 11.3 Å². The molecule has 0 aliphatic heterocycles. The number of anilines is 1. The molecule has 0 bridgehead atoms. The fourth-order valence-corrected chi connectivity index (χ4v) is 4.19. The Morgan fingerprint density at radius 2 is 1.94 bits per heavy atom. The van der Waals surface area contributed by atoms with Crippen molar-refractivity contribution in [1.29, 1.82) is 0 Å². The number of amides is 1. The van der Waals surface area contributed by atoms with E-state index in [4.69, 9.17) is 9.15 Å². The summed E-state index contributed by atoms with van der Waals surface area (Å²) in [7, 11) is 1.60. The molecule has 0 N–H and O–H groups in total. The first-order valence-electron chi connectivity index (χ1n) is 9.32. The number of carbonyl (C=O) groups excluding carboxylic acids is 1. The van der Waals surface area contributed by atoms with Gasteiger partial charge in [0.15, 0.2) is 0 Å². The van der Waals surface area contributed by atoms with E-state index in [2.05, 4.69) is 10.2 Å². The Morgan fingerprint density at radius 3 is 2.65 bits per heavy atom. The molecule has 0 unspecified atom stereocenters. The lowest BCUT2D eigenvalue weighted by Crippen LogP contribution is -2.31. The molecule has 0 aliphatic carbocycles. The number of thiophene rings is 1. The van der Waals surface area contributed by atoms with Crippen LogP contribution in [0.3, 0.4) is 0 Å². The van der Waals surface area contributed by atoms with Gasteiger partial charge in [0, 0.05) is 10.6 Å². The van der Waals surface area contributed by atoms with Crippen molar-refractivity contribution in [2.75, 3.05) is 17.8 Å². The molecule has 0 radical (unpaired) electrons. The molecule has 2 aromatic heterocycles. The van der Waals surface area contributed by atoms with Crippen molar-refractivity contribution in [3.63, 3.8) is 0 Å². The molecule has 0 saturated heterocycles. The van der Waals surface area contributed by atoms with Crippen LogP contribution in [-0.4, -0.2) is 29.0 Å². The van der Waals surface area contributed by atoms with Crippen molar-refractivity contribution >= 4 is 34.7 Å². The second-order valence-corrected chi connectivity index (χ2v) is 8.36. The van der Waals surface area contributed by atoms with Crippen LogP contribution in [0.5, 0.6) is 5.75 Å². The molecule has 6 nitrogen and oxygen atoms in total. The summed E-state index contributed by atoms with van der Waals surface area (Å²) in [6, 6.07) is 17.4. The quantitative estimate of drug-likeness (QED) is 0.337. The van der Waals surface area contributed by atoms with E-state index in [1.54, 1.807) is 41.5 Å². The van der Waals surface area contributed by atoms with Gasteiger partial charge in [-0.05, 0) is 47.8 Å². The van der Waals surface area contributed by atoms with Crippen molar-refractivity contribution in [1.82, 2.24) is 10.2 Å². The van der Waals surface area contributed by atoms with E-state index >= 15 is 0 Å². The third kappa shape index (κ3) is 5.12. The second kappa shape index (κ2) is 9.76. The van der Waals surface area contributed by atoms with Crippen molar-refractivity contribution in [2.45, 2.75) is 11.8 Å². The molecule has 0 spiro atoms. The first kappa shape index (κ1) is 21.1. The molecular weight excluding hydrogens is 437 g/mol. The molecule has 2 aromatic carbocycles. The SMILES string of the molecule is COc1ccc(N(Cc2cccs2)C(=O)CSc2nnc(-c3ccccc3F)o2)cc1. The molecule has 0 saturated carbocycles. The third-order valence-corrected chi connectivity index (χ3v) is 6.07. The van der Waals surface area contributed by atoms with Crippen molar-refractivity contribution in [2.24, 2.45) is 0 Å². The highest BCUT2D eigenvalue weighted by atomic mass is 32.2. The number of halogens is 1. The minimum atomic E-state index is -0.444.